The molecule has 4 heterocycles. The average molecular weight is 791 g/mol. The summed E-state index contributed by atoms with van der Waals surface area (Å²) in [5, 5.41) is 0. The number of rotatable bonds is 31. The second kappa shape index (κ2) is 30.1. The number of likely N-dealkylation sites (tertiary alicyclic amines) is 4. The van der Waals surface area contributed by atoms with Gasteiger partial charge >= 0.3 is 0 Å². The van der Waals surface area contributed by atoms with Gasteiger partial charge in [0.2, 0.25) is 0 Å². The van der Waals surface area contributed by atoms with Crippen LogP contribution in [0, 0.1) is 23.7 Å². The first-order valence-electron chi connectivity index (χ1n) is 23.6. The lowest BCUT2D eigenvalue weighted by Crippen LogP contribution is -2.41. The maximum atomic E-state index is 12.2. The predicted molar refractivity (Wildman–Crippen MR) is 227 cm³/mol. The van der Waals surface area contributed by atoms with Crippen LogP contribution in [0.15, 0.2) is 0 Å². The second-order valence-corrected chi connectivity index (χ2v) is 17.9. The van der Waals surface area contributed by atoms with E-state index in [0.717, 1.165) is 49.4 Å². The summed E-state index contributed by atoms with van der Waals surface area (Å²) >= 11 is 0. The van der Waals surface area contributed by atoms with Crippen LogP contribution in [-0.2, 0) is 28.5 Å². The molecule has 4 aliphatic rings. The third-order valence-electron chi connectivity index (χ3n) is 13.8. The Morgan fingerprint density at radius 1 is 0.411 bits per heavy atom. The molecule has 326 valence electrons. The number of ketones is 2. The van der Waals surface area contributed by atoms with E-state index in [0.29, 0.717) is 64.0 Å². The van der Waals surface area contributed by atoms with Crippen LogP contribution in [0.2, 0.25) is 0 Å². The Morgan fingerprint density at radius 2 is 0.732 bits per heavy atom. The molecule has 0 aliphatic carbocycles. The summed E-state index contributed by atoms with van der Waals surface area (Å²) < 4.78 is 20.9. The molecular formula is C46H86N4O6. The molecule has 10 heteroatoms. The molecule has 0 spiro atoms. The van der Waals surface area contributed by atoms with E-state index in [1.807, 2.05) is 0 Å². The molecule has 0 saturated carbocycles. The van der Waals surface area contributed by atoms with Gasteiger partial charge in [0.25, 0.3) is 0 Å². The Hall–Kier alpha value is -0.980. The Balaban J connectivity index is 0.900. The minimum Gasteiger partial charge on any atom is -0.382 e. The van der Waals surface area contributed by atoms with Gasteiger partial charge in [0.05, 0.1) is 39.6 Å². The quantitative estimate of drug-likeness (QED) is 0.0687. The SMILES string of the molecule is COCCOCCC(=O)CCC1CCN(CCCCCN2CCC(C3CCN(CCCCCN4CCC(CCC(=O)CCOCCOC)CC4)CC3)CC2)CC1. The lowest BCUT2D eigenvalue weighted by molar-refractivity contribution is -0.121. The molecule has 0 N–H and O–H groups in total. The summed E-state index contributed by atoms with van der Waals surface area (Å²) in [5.74, 6) is 4.08. The number of nitrogens with zero attached hydrogens (tertiary/aromatic N) is 4. The third kappa shape index (κ3) is 20.8. The number of hydrogen-bond acceptors (Lipinski definition) is 10. The Morgan fingerprint density at radius 3 is 1.05 bits per heavy atom. The lowest BCUT2D eigenvalue weighted by atomic mass is 9.78. The number of unbranched alkanes of at least 4 members (excludes halogenated alkanes) is 4. The first kappa shape index (κ1) is 47.7. The van der Waals surface area contributed by atoms with Crippen LogP contribution in [0.1, 0.15) is 128 Å². The number of Topliss-reactive ketones (excluding diaryl/α,β-unsaturated/α-hetero) is 2. The summed E-state index contributed by atoms with van der Waals surface area (Å²) in [6.45, 7) is 18.7. The first-order valence-corrected chi connectivity index (χ1v) is 23.6. The van der Waals surface area contributed by atoms with Gasteiger partial charge < -0.3 is 38.5 Å². The Labute approximate surface area is 343 Å². The second-order valence-electron chi connectivity index (χ2n) is 17.9. The molecule has 0 aromatic carbocycles. The van der Waals surface area contributed by atoms with E-state index in [4.69, 9.17) is 18.9 Å². The number of methoxy groups -OCH3 is 2. The fourth-order valence-electron chi connectivity index (χ4n) is 9.83. The normalized spacial score (nSPS) is 21.0. The maximum Gasteiger partial charge on any atom is 0.135 e. The molecule has 4 fully saturated rings. The summed E-state index contributed by atoms with van der Waals surface area (Å²) in [6.07, 6.45) is 23.5. The van der Waals surface area contributed by atoms with E-state index in [1.54, 1.807) is 14.2 Å². The van der Waals surface area contributed by atoms with E-state index in [2.05, 4.69) is 19.6 Å². The van der Waals surface area contributed by atoms with Gasteiger partial charge in [-0.1, -0.05) is 12.8 Å². The van der Waals surface area contributed by atoms with E-state index >= 15 is 0 Å². The predicted octanol–water partition coefficient (Wildman–Crippen LogP) is 6.98. The van der Waals surface area contributed by atoms with E-state index in [9.17, 15) is 9.59 Å². The molecule has 0 atom stereocenters. The number of carbonyl (C=O) groups is 2. The van der Waals surface area contributed by atoms with Crippen molar-refractivity contribution in [2.24, 2.45) is 23.7 Å². The zero-order valence-corrected chi connectivity index (χ0v) is 36.4. The van der Waals surface area contributed by atoms with Crippen molar-refractivity contribution < 1.29 is 28.5 Å². The highest BCUT2D eigenvalue weighted by Gasteiger charge is 2.29. The fraction of sp³-hybridized carbons (Fsp3) is 0.957. The minimum atomic E-state index is 0.353. The van der Waals surface area contributed by atoms with Crippen LogP contribution in [0.3, 0.4) is 0 Å². The molecule has 0 unspecified atom stereocenters. The summed E-state index contributed by atoms with van der Waals surface area (Å²) in [5.41, 5.74) is 0. The molecule has 56 heavy (non-hydrogen) atoms. The Kier molecular flexibility index (Phi) is 25.6. The molecule has 0 radical (unpaired) electrons. The van der Waals surface area contributed by atoms with Crippen molar-refractivity contribution in [2.45, 2.75) is 128 Å². The van der Waals surface area contributed by atoms with Gasteiger partial charge in [-0.25, -0.2) is 0 Å². The molecule has 4 rings (SSSR count). The van der Waals surface area contributed by atoms with E-state index < -0.39 is 0 Å². The molecule has 0 bridgehead atoms. The lowest BCUT2D eigenvalue weighted by Gasteiger charge is -2.40. The highest BCUT2D eigenvalue weighted by Crippen LogP contribution is 2.33. The van der Waals surface area contributed by atoms with Gasteiger partial charge in [0.15, 0.2) is 0 Å². The molecule has 0 aromatic heterocycles. The highest BCUT2D eigenvalue weighted by atomic mass is 16.5. The smallest absolute Gasteiger partial charge is 0.135 e. The van der Waals surface area contributed by atoms with Gasteiger partial charge in [-0.15, -0.1) is 0 Å². The summed E-state index contributed by atoms with van der Waals surface area (Å²) in [6, 6.07) is 0. The van der Waals surface area contributed by atoms with Crippen molar-refractivity contribution in [3.8, 4) is 0 Å². The van der Waals surface area contributed by atoms with Crippen LogP contribution in [0.5, 0.6) is 0 Å². The minimum absolute atomic E-state index is 0.353. The van der Waals surface area contributed by atoms with Crippen molar-refractivity contribution >= 4 is 11.6 Å². The highest BCUT2D eigenvalue weighted by molar-refractivity contribution is 5.78. The first-order chi connectivity index (χ1) is 27.5. The monoisotopic (exact) mass is 791 g/mol. The van der Waals surface area contributed by atoms with Gasteiger partial charge in [-0.3, -0.25) is 9.59 Å². The van der Waals surface area contributed by atoms with Gasteiger partial charge in [-0.2, -0.15) is 0 Å². The van der Waals surface area contributed by atoms with E-state index in [1.165, 1.54) is 168 Å². The number of hydrogen-bond donors (Lipinski definition) is 0. The van der Waals surface area contributed by atoms with Gasteiger partial charge in [-0.05, 0) is 192 Å². The van der Waals surface area contributed by atoms with Crippen LogP contribution < -0.4 is 0 Å². The molecular weight excluding hydrogens is 705 g/mol. The third-order valence-corrected chi connectivity index (χ3v) is 13.8. The van der Waals surface area contributed by atoms with Crippen molar-refractivity contribution in [1.29, 1.82) is 0 Å². The fourth-order valence-corrected chi connectivity index (χ4v) is 9.83. The van der Waals surface area contributed by atoms with Crippen LogP contribution in [0.25, 0.3) is 0 Å². The molecule has 4 aliphatic heterocycles. The van der Waals surface area contributed by atoms with Crippen molar-refractivity contribution in [3.63, 3.8) is 0 Å². The van der Waals surface area contributed by atoms with Crippen molar-refractivity contribution in [1.82, 2.24) is 19.6 Å². The molecule has 0 amide bonds. The molecule has 0 aromatic rings. The maximum absolute atomic E-state index is 12.2. The van der Waals surface area contributed by atoms with Crippen molar-refractivity contribution in [3.05, 3.63) is 0 Å². The molecule has 4 saturated heterocycles. The zero-order chi connectivity index (χ0) is 39.5. The van der Waals surface area contributed by atoms with Gasteiger partial charge in [0.1, 0.15) is 11.6 Å². The summed E-state index contributed by atoms with van der Waals surface area (Å²) in [7, 11) is 3.34. The topological polar surface area (TPSA) is 84.0 Å². The van der Waals surface area contributed by atoms with Crippen LogP contribution >= 0.6 is 0 Å². The Bertz CT molecular complexity index is 910. The standard InChI is InChI=1S/C46H86N4O6/c1-53-37-39-55-35-21-45(51)11-9-41-13-27-47(28-14-41)23-5-3-7-25-49-31-17-43(18-32-49)44-19-33-50(34-20-44)26-8-4-6-24-48-29-15-42(16-30-48)10-12-46(52)22-36-56-40-38-54-2/h41-44H,3-40H2,1-2H3. The summed E-state index contributed by atoms with van der Waals surface area (Å²) in [4.78, 5) is 35.3. The zero-order valence-electron chi connectivity index (χ0n) is 36.4. The van der Waals surface area contributed by atoms with Crippen molar-refractivity contribution in [2.75, 3.05) is 132 Å². The van der Waals surface area contributed by atoms with Gasteiger partial charge in [0, 0.05) is 39.9 Å². The number of piperidine rings is 4. The number of ether oxygens (including phenoxy) is 4. The van der Waals surface area contributed by atoms with Crippen LogP contribution in [0.4, 0.5) is 0 Å². The average Bonchev–Trinajstić information content (AvgIpc) is 3.23. The number of carbonyl (C=O) groups excluding carboxylic acids is 2. The molecule has 10 nitrogen and oxygen atoms in total. The van der Waals surface area contributed by atoms with Crippen LogP contribution in [-0.4, -0.2) is 164 Å². The largest absolute Gasteiger partial charge is 0.382 e. The van der Waals surface area contributed by atoms with E-state index in [-0.39, 0.29) is 0 Å².